The van der Waals surface area contributed by atoms with Crippen LogP contribution in [-0.4, -0.2) is 12.7 Å². The van der Waals surface area contributed by atoms with E-state index in [9.17, 15) is 13.2 Å². The molecule has 0 unspecified atom stereocenters. The lowest BCUT2D eigenvalue weighted by Crippen LogP contribution is -2.28. The highest BCUT2D eigenvalue weighted by atomic mass is 19.4. The minimum Gasteiger partial charge on any atom is -0.378 e. The van der Waals surface area contributed by atoms with Gasteiger partial charge in [-0.05, 0) is 28.7 Å². The molecular weight excluding hydrogens is 275 g/mol. The molecule has 1 heterocycles. The summed E-state index contributed by atoms with van der Waals surface area (Å²) in [4.78, 5) is 0. The van der Waals surface area contributed by atoms with Gasteiger partial charge in [0, 0.05) is 6.54 Å². The first-order chi connectivity index (χ1) is 9.88. The highest BCUT2D eigenvalue weighted by molar-refractivity contribution is 5.76. The molecule has 0 aromatic heterocycles. The van der Waals surface area contributed by atoms with Crippen LogP contribution in [0, 0.1) is 0 Å². The molecule has 0 aliphatic carbocycles. The van der Waals surface area contributed by atoms with Crippen LogP contribution in [-0.2, 0) is 0 Å². The number of hydrogen-bond donors (Lipinski definition) is 1. The van der Waals surface area contributed by atoms with Gasteiger partial charge in [-0.15, -0.1) is 0 Å². The molecule has 0 fully saturated rings. The lowest BCUT2D eigenvalue weighted by molar-refractivity contribution is -0.0964. The van der Waals surface area contributed by atoms with E-state index < -0.39 is 11.9 Å². The summed E-state index contributed by atoms with van der Waals surface area (Å²) in [5.74, 6) is 0.414. The standard InChI is InChI=1S/C15H16F3N.C2H6/c1-10(2)11-3-5-12(6-4-11)13-7-8-19-14(9-13)15(16,17)18;1-2/h3-7,9-10,19H,8H2,1-2H3;1-2H3. The van der Waals surface area contributed by atoms with E-state index >= 15 is 0 Å². The van der Waals surface area contributed by atoms with E-state index in [1.54, 1.807) is 6.08 Å². The predicted octanol–water partition coefficient (Wildman–Crippen LogP) is 5.27. The van der Waals surface area contributed by atoms with E-state index in [1.165, 1.54) is 5.56 Å². The molecule has 1 aromatic carbocycles. The minimum atomic E-state index is -4.32. The van der Waals surface area contributed by atoms with E-state index in [1.807, 2.05) is 38.1 Å². The number of allylic oxidation sites excluding steroid dienone is 3. The molecule has 2 rings (SSSR count). The van der Waals surface area contributed by atoms with E-state index in [0.717, 1.165) is 11.6 Å². The molecule has 1 N–H and O–H groups in total. The number of dihydropyridines is 1. The Hall–Kier alpha value is -1.71. The summed E-state index contributed by atoms with van der Waals surface area (Å²) >= 11 is 0. The second kappa shape index (κ2) is 7.34. The third-order valence-electron chi connectivity index (χ3n) is 3.13. The summed E-state index contributed by atoms with van der Waals surface area (Å²) in [5, 5.41) is 2.35. The SMILES string of the molecule is CC.CC(C)c1ccc(C2=CCNC(C(F)(F)F)=C2)cc1. The molecule has 1 aromatic rings. The van der Waals surface area contributed by atoms with Crippen molar-refractivity contribution >= 4 is 5.57 Å². The summed E-state index contributed by atoms with van der Waals surface area (Å²) < 4.78 is 37.9. The molecule has 1 aliphatic heterocycles. The van der Waals surface area contributed by atoms with Crippen molar-refractivity contribution in [2.45, 2.75) is 39.8 Å². The summed E-state index contributed by atoms with van der Waals surface area (Å²) in [5.41, 5.74) is 1.92. The summed E-state index contributed by atoms with van der Waals surface area (Å²) in [6.45, 7) is 8.37. The zero-order chi connectivity index (χ0) is 16.0. The fourth-order valence-electron chi connectivity index (χ4n) is 1.98. The lowest BCUT2D eigenvalue weighted by atomic mass is 9.97. The Morgan fingerprint density at radius 3 is 2.10 bits per heavy atom. The Bertz CT molecular complexity index is 508. The number of alkyl halides is 3. The number of rotatable bonds is 2. The summed E-state index contributed by atoms with van der Waals surface area (Å²) in [6.07, 6.45) is -1.40. The monoisotopic (exact) mass is 297 g/mol. The Labute approximate surface area is 124 Å². The molecule has 21 heavy (non-hydrogen) atoms. The highest BCUT2D eigenvalue weighted by Crippen LogP contribution is 2.29. The van der Waals surface area contributed by atoms with Crippen LogP contribution in [0.3, 0.4) is 0 Å². The van der Waals surface area contributed by atoms with Gasteiger partial charge >= 0.3 is 6.18 Å². The van der Waals surface area contributed by atoms with Crippen LogP contribution in [0.1, 0.15) is 44.7 Å². The quantitative estimate of drug-likeness (QED) is 0.784. The van der Waals surface area contributed by atoms with E-state index in [2.05, 4.69) is 19.2 Å². The van der Waals surface area contributed by atoms with Crippen molar-refractivity contribution in [2.75, 3.05) is 6.54 Å². The van der Waals surface area contributed by atoms with E-state index in [-0.39, 0.29) is 6.54 Å². The number of nitrogens with one attached hydrogen (secondary N) is 1. The average Bonchev–Trinajstić information content (AvgIpc) is 2.49. The first-order valence-corrected chi connectivity index (χ1v) is 7.21. The van der Waals surface area contributed by atoms with Crippen molar-refractivity contribution in [2.24, 2.45) is 0 Å². The van der Waals surface area contributed by atoms with E-state index in [0.29, 0.717) is 11.5 Å². The molecule has 4 heteroatoms. The van der Waals surface area contributed by atoms with Crippen molar-refractivity contribution in [3.8, 4) is 0 Å². The van der Waals surface area contributed by atoms with Gasteiger partial charge in [-0.25, -0.2) is 0 Å². The maximum atomic E-state index is 12.6. The predicted molar refractivity (Wildman–Crippen MR) is 82.0 cm³/mol. The third-order valence-corrected chi connectivity index (χ3v) is 3.13. The smallest absolute Gasteiger partial charge is 0.378 e. The van der Waals surface area contributed by atoms with Crippen LogP contribution in [0.15, 0.2) is 42.1 Å². The Kier molecular flexibility index (Phi) is 6.06. The molecule has 1 aliphatic rings. The van der Waals surface area contributed by atoms with E-state index in [4.69, 9.17) is 0 Å². The highest BCUT2D eigenvalue weighted by Gasteiger charge is 2.34. The van der Waals surface area contributed by atoms with Crippen molar-refractivity contribution < 1.29 is 13.2 Å². The maximum absolute atomic E-state index is 12.6. The molecule has 0 spiro atoms. The number of hydrogen-bond acceptors (Lipinski definition) is 1. The normalized spacial score (nSPS) is 14.7. The number of halogens is 3. The molecule has 0 saturated carbocycles. The average molecular weight is 297 g/mol. The van der Waals surface area contributed by atoms with Crippen LogP contribution in [0.2, 0.25) is 0 Å². The van der Waals surface area contributed by atoms with Crippen molar-refractivity contribution in [1.29, 1.82) is 0 Å². The first-order valence-electron chi connectivity index (χ1n) is 7.21. The Morgan fingerprint density at radius 2 is 1.62 bits per heavy atom. The van der Waals surface area contributed by atoms with Crippen molar-refractivity contribution in [3.05, 3.63) is 53.2 Å². The largest absolute Gasteiger partial charge is 0.430 e. The van der Waals surface area contributed by atoms with Gasteiger partial charge in [-0.2, -0.15) is 13.2 Å². The molecule has 1 nitrogen and oxygen atoms in total. The molecule has 0 radical (unpaired) electrons. The second-order valence-electron chi connectivity index (χ2n) is 4.87. The topological polar surface area (TPSA) is 12.0 Å². The maximum Gasteiger partial charge on any atom is 0.430 e. The summed E-state index contributed by atoms with van der Waals surface area (Å²) in [7, 11) is 0. The fraction of sp³-hybridized carbons (Fsp3) is 0.412. The van der Waals surface area contributed by atoms with Gasteiger partial charge in [0.2, 0.25) is 0 Å². The van der Waals surface area contributed by atoms with Crippen molar-refractivity contribution in [1.82, 2.24) is 5.32 Å². The second-order valence-corrected chi connectivity index (χ2v) is 4.87. The van der Waals surface area contributed by atoms with Gasteiger partial charge in [-0.1, -0.05) is 58.0 Å². The van der Waals surface area contributed by atoms with Gasteiger partial charge in [-0.3, -0.25) is 0 Å². The van der Waals surface area contributed by atoms with Gasteiger partial charge < -0.3 is 5.32 Å². The molecular formula is C17H22F3N. The molecule has 0 bridgehead atoms. The number of benzene rings is 1. The van der Waals surface area contributed by atoms with Crippen LogP contribution in [0.25, 0.3) is 5.57 Å². The first kappa shape index (κ1) is 17.3. The fourth-order valence-corrected chi connectivity index (χ4v) is 1.98. The zero-order valence-corrected chi connectivity index (χ0v) is 12.9. The van der Waals surface area contributed by atoms with Crippen LogP contribution in [0.4, 0.5) is 13.2 Å². The van der Waals surface area contributed by atoms with Gasteiger partial charge in [0.25, 0.3) is 0 Å². The molecule has 0 atom stereocenters. The molecule has 0 saturated heterocycles. The Balaban J connectivity index is 0.00000106. The lowest BCUT2D eigenvalue weighted by Gasteiger charge is -2.18. The van der Waals surface area contributed by atoms with Gasteiger partial charge in [0.1, 0.15) is 5.70 Å². The van der Waals surface area contributed by atoms with Crippen molar-refractivity contribution in [3.63, 3.8) is 0 Å². The van der Waals surface area contributed by atoms with Crippen LogP contribution in [0.5, 0.6) is 0 Å². The van der Waals surface area contributed by atoms with Crippen LogP contribution < -0.4 is 5.32 Å². The Morgan fingerprint density at radius 1 is 1.05 bits per heavy atom. The minimum absolute atomic E-state index is 0.201. The molecule has 116 valence electrons. The third kappa shape index (κ3) is 4.66. The summed E-state index contributed by atoms with van der Waals surface area (Å²) in [6, 6.07) is 7.67. The van der Waals surface area contributed by atoms with Gasteiger partial charge in [0.15, 0.2) is 0 Å². The zero-order valence-electron chi connectivity index (χ0n) is 12.9. The van der Waals surface area contributed by atoms with Gasteiger partial charge in [0.05, 0.1) is 0 Å². The van der Waals surface area contributed by atoms with Crippen LogP contribution >= 0.6 is 0 Å². The molecule has 0 amide bonds.